The SMILES string of the molecule is CC1CC(C(=O)O)C(C(=O)c2ccc3c(c2)CC(C)O3)C1. The molecule has 1 aliphatic carbocycles. The largest absolute Gasteiger partial charge is 0.490 e. The van der Waals surface area contributed by atoms with E-state index in [1.165, 1.54) is 0 Å². The highest BCUT2D eigenvalue weighted by atomic mass is 16.5. The summed E-state index contributed by atoms with van der Waals surface area (Å²) in [6.45, 7) is 4.02. The molecule has 1 aromatic carbocycles. The first kappa shape index (κ1) is 14.1. The fourth-order valence-electron chi connectivity index (χ4n) is 3.64. The van der Waals surface area contributed by atoms with Crippen molar-refractivity contribution in [1.29, 1.82) is 0 Å². The molecule has 21 heavy (non-hydrogen) atoms. The minimum absolute atomic E-state index is 0.0332. The summed E-state index contributed by atoms with van der Waals surface area (Å²) in [7, 11) is 0. The molecule has 2 aliphatic rings. The number of ketones is 1. The first-order valence-electron chi connectivity index (χ1n) is 7.52. The molecule has 1 heterocycles. The standard InChI is InChI=1S/C17H20O4/c1-9-5-13(14(6-9)17(19)20)16(18)11-3-4-15-12(8-11)7-10(2)21-15/h3-4,8-10,13-14H,5-7H2,1-2H3,(H,19,20). The van der Waals surface area contributed by atoms with Crippen LogP contribution in [0, 0.1) is 17.8 Å². The number of ether oxygens (including phenoxy) is 1. The molecule has 0 radical (unpaired) electrons. The van der Waals surface area contributed by atoms with E-state index in [2.05, 4.69) is 0 Å². The Balaban J connectivity index is 1.85. The van der Waals surface area contributed by atoms with Crippen molar-refractivity contribution < 1.29 is 19.4 Å². The monoisotopic (exact) mass is 288 g/mol. The maximum atomic E-state index is 12.7. The number of carboxylic acid groups (broad SMARTS) is 1. The van der Waals surface area contributed by atoms with Gasteiger partial charge in [-0.05, 0) is 49.4 Å². The van der Waals surface area contributed by atoms with Crippen molar-refractivity contribution in [2.75, 3.05) is 0 Å². The smallest absolute Gasteiger partial charge is 0.307 e. The van der Waals surface area contributed by atoms with Gasteiger partial charge in [0.15, 0.2) is 5.78 Å². The molecule has 112 valence electrons. The van der Waals surface area contributed by atoms with Crippen LogP contribution in [0.1, 0.15) is 42.6 Å². The minimum atomic E-state index is -0.851. The summed E-state index contributed by atoms with van der Waals surface area (Å²) < 4.78 is 5.64. The van der Waals surface area contributed by atoms with Gasteiger partial charge in [-0.2, -0.15) is 0 Å². The zero-order valence-electron chi connectivity index (χ0n) is 12.3. The van der Waals surface area contributed by atoms with Gasteiger partial charge in [0.05, 0.1) is 5.92 Å². The predicted molar refractivity (Wildman–Crippen MR) is 77.6 cm³/mol. The summed E-state index contributed by atoms with van der Waals surface area (Å²) in [5.41, 5.74) is 1.67. The Bertz CT molecular complexity index is 592. The number of benzene rings is 1. The number of Topliss-reactive ketones (excluding diaryl/α,β-unsaturated/α-hetero) is 1. The highest BCUT2D eigenvalue weighted by molar-refractivity contribution is 6.00. The molecule has 1 fully saturated rings. The van der Waals surface area contributed by atoms with Gasteiger partial charge in [-0.3, -0.25) is 9.59 Å². The lowest BCUT2D eigenvalue weighted by Crippen LogP contribution is -2.25. The molecule has 1 saturated carbocycles. The van der Waals surface area contributed by atoms with E-state index in [1.807, 2.05) is 26.0 Å². The van der Waals surface area contributed by atoms with Gasteiger partial charge < -0.3 is 9.84 Å². The molecule has 4 atom stereocenters. The van der Waals surface area contributed by atoms with Gasteiger partial charge in [0, 0.05) is 17.9 Å². The third kappa shape index (κ3) is 2.55. The van der Waals surface area contributed by atoms with Gasteiger partial charge in [-0.1, -0.05) is 6.92 Å². The molecule has 0 aromatic heterocycles. The van der Waals surface area contributed by atoms with Crippen LogP contribution in [0.5, 0.6) is 5.75 Å². The van der Waals surface area contributed by atoms with Crippen molar-refractivity contribution in [3.63, 3.8) is 0 Å². The van der Waals surface area contributed by atoms with E-state index in [0.717, 1.165) is 17.7 Å². The summed E-state index contributed by atoms with van der Waals surface area (Å²) in [4.78, 5) is 24.0. The predicted octanol–water partition coefficient (Wildman–Crippen LogP) is 2.94. The van der Waals surface area contributed by atoms with Gasteiger partial charge in [0.2, 0.25) is 0 Å². The Morgan fingerprint density at radius 1 is 1.19 bits per heavy atom. The second-order valence-electron chi connectivity index (χ2n) is 6.45. The van der Waals surface area contributed by atoms with E-state index in [9.17, 15) is 14.7 Å². The van der Waals surface area contributed by atoms with Gasteiger partial charge >= 0.3 is 5.97 Å². The zero-order valence-corrected chi connectivity index (χ0v) is 12.3. The molecule has 1 N–H and O–H groups in total. The average Bonchev–Trinajstić information content (AvgIpc) is 2.98. The fraction of sp³-hybridized carbons (Fsp3) is 0.529. The molecule has 1 aromatic rings. The Hall–Kier alpha value is -1.84. The minimum Gasteiger partial charge on any atom is -0.490 e. The number of carbonyl (C=O) groups is 2. The average molecular weight is 288 g/mol. The lowest BCUT2D eigenvalue weighted by atomic mass is 9.87. The first-order chi connectivity index (χ1) is 9.95. The third-order valence-electron chi connectivity index (χ3n) is 4.63. The number of hydrogen-bond donors (Lipinski definition) is 1. The lowest BCUT2D eigenvalue weighted by molar-refractivity contribution is -0.142. The molecular formula is C17H20O4. The maximum absolute atomic E-state index is 12.7. The van der Waals surface area contributed by atoms with Crippen LogP contribution in [-0.4, -0.2) is 23.0 Å². The van der Waals surface area contributed by atoms with E-state index in [0.29, 0.717) is 18.4 Å². The van der Waals surface area contributed by atoms with Gasteiger partial charge in [-0.15, -0.1) is 0 Å². The van der Waals surface area contributed by atoms with Crippen molar-refractivity contribution in [1.82, 2.24) is 0 Å². The summed E-state index contributed by atoms with van der Waals surface area (Å²) in [5, 5.41) is 9.31. The van der Waals surface area contributed by atoms with E-state index >= 15 is 0 Å². The first-order valence-corrected chi connectivity index (χ1v) is 7.52. The maximum Gasteiger partial charge on any atom is 0.307 e. The normalized spacial score (nSPS) is 30.8. The highest BCUT2D eigenvalue weighted by Crippen LogP contribution is 2.39. The molecule has 4 heteroatoms. The molecule has 0 amide bonds. The molecular weight excluding hydrogens is 268 g/mol. The quantitative estimate of drug-likeness (QED) is 0.869. The van der Waals surface area contributed by atoms with Crippen molar-refractivity contribution in [3.05, 3.63) is 29.3 Å². The number of fused-ring (bicyclic) bond motifs is 1. The topological polar surface area (TPSA) is 63.6 Å². The van der Waals surface area contributed by atoms with Crippen LogP contribution in [0.15, 0.2) is 18.2 Å². The highest BCUT2D eigenvalue weighted by Gasteiger charge is 2.41. The second-order valence-corrected chi connectivity index (χ2v) is 6.45. The van der Waals surface area contributed by atoms with Crippen molar-refractivity contribution in [2.45, 2.75) is 39.2 Å². The lowest BCUT2D eigenvalue weighted by Gasteiger charge is -2.14. The van der Waals surface area contributed by atoms with Crippen LogP contribution in [0.4, 0.5) is 0 Å². The molecule has 0 bridgehead atoms. The van der Waals surface area contributed by atoms with Gasteiger partial charge in [0.25, 0.3) is 0 Å². The van der Waals surface area contributed by atoms with Crippen molar-refractivity contribution >= 4 is 11.8 Å². The number of aliphatic carboxylic acids is 1. The molecule has 0 saturated heterocycles. The van der Waals surface area contributed by atoms with E-state index in [4.69, 9.17) is 4.74 Å². The molecule has 1 aliphatic heterocycles. The van der Waals surface area contributed by atoms with Gasteiger partial charge in [-0.25, -0.2) is 0 Å². The Labute approximate surface area is 124 Å². The molecule has 3 rings (SSSR count). The van der Waals surface area contributed by atoms with Crippen molar-refractivity contribution in [3.8, 4) is 5.75 Å². The van der Waals surface area contributed by atoms with Crippen LogP contribution in [0.3, 0.4) is 0 Å². The number of carbonyl (C=O) groups excluding carboxylic acids is 1. The van der Waals surface area contributed by atoms with E-state index < -0.39 is 17.8 Å². The van der Waals surface area contributed by atoms with Crippen LogP contribution >= 0.6 is 0 Å². The summed E-state index contributed by atoms with van der Waals surface area (Å²) in [6.07, 6.45) is 2.21. The number of rotatable bonds is 3. The van der Waals surface area contributed by atoms with Crippen molar-refractivity contribution in [2.24, 2.45) is 17.8 Å². The Kier molecular flexibility index (Phi) is 3.47. The second kappa shape index (κ2) is 5.17. The van der Waals surface area contributed by atoms with Crippen LogP contribution < -0.4 is 4.74 Å². The van der Waals surface area contributed by atoms with E-state index in [-0.39, 0.29) is 17.8 Å². The Morgan fingerprint density at radius 3 is 2.62 bits per heavy atom. The van der Waals surface area contributed by atoms with Crippen LogP contribution in [0.25, 0.3) is 0 Å². The summed E-state index contributed by atoms with van der Waals surface area (Å²) >= 11 is 0. The molecule has 4 nitrogen and oxygen atoms in total. The summed E-state index contributed by atoms with van der Waals surface area (Å²) in [6, 6.07) is 5.48. The number of hydrogen-bond acceptors (Lipinski definition) is 3. The zero-order chi connectivity index (χ0) is 15.1. The van der Waals surface area contributed by atoms with Crippen LogP contribution in [0.2, 0.25) is 0 Å². The molecule has 4 unspecified atom stereocenters. The van der Waals surface area contributed by atoms with Crippen LogP contribution in [-0.2, 0) is 11.2 Å². The fourth-order valence-corrected chi connectivity index (χ4v) is 3.64. The third-order valence-corrected chi connectivity index (χ3v) is 4.63. The van der Waals surface area contributed by atoms with E-state index in [1.54, 1.807) is 6.07 Å². The number of carboxylic acids is 1. The van der Waals surface area contributed by atoms with Gasteiger partial charge in [0.1, 0.15) is 11.9 Å². The summed E-state index contributed by atoms with van der Waals surface area (Å²) in [5.74, 6) is -0.692. The molecule has 0 spiro atoms. The Morgan fingerprint density at radius 2 is 1.90 bits per heavy atom.